The Balaban J connectivity index is 1.56. The van der Waals surface area contributed by atoms with Gasteiger partial charge >= 0.3 is 0 Å². The SMILES string of the molecule is Cc1ccc(S(=O)(=O)N(CC(=O)Nc2ccc(S(=O)(=O)Nc3ccccn3)cc2)c2ccc(Cl)cc2C)cc1. The maximum atomic E-state index is 13.6. The van der Waals surface area contributed by atoms with Gasteiger partial charge in [-0.05, 0) is 86.1 Å². The van der Waals surface area contributed by atoms with Gasteiger partial charge in [0.1, 0.15) is 12.4 Å². The number of halogens is 1. The predicted molar refractivity (Wildman–Crippen MR) is 152 cm³/mol. The second kappa shape index (κ2) is 11.4. The summed E-state index contributed by atoms with van der Waals surface area (Å²) in [7, 11) is -8.01. The van der Waals surface area contributed by atoms with Crippen molar-refractivity contribution in [1.29, 1.82) is 0 Å². The second-order valence-corrected chi connectivity index (χ2v) is 12.6. The Kier molecular flexibility index (Phi) is 8.24. The molecule has 9 nitrogen and oxygen atoms in total. The minimum Gasteiger partial charge on any atom is -0.325 e. The molecule has 202 valence electrons. The van der Waals surface area contributed by atoms with Crippen LogP contribution in [0.2, 0.25) is 5.02 Å². The number of rotatable bonds is 9. The molecule has 0 fully saturated rings. The summed E-state index contributed by atoms with van der Waals surface area (Å²) >= 11 is 6.08. The third kappa shape index (κ3) is 6.75. The lowest BCUT2D eigenvalue weighted by Crippen LogP contribution is -2.38. The summed E-state index contributed by atoms with van der Waals surface area (Å²) in [6.07, 6.45) is 1.46. The number of nitrogens with one attached hydrogen (secondary N) is 2. The van der Waals surface area contributed by atoms with Crippen molar-refractivity contribution in [3.05, 3.63) is 107 Å². The zero-order valence-corrected chi connectivity index (χ0v) is 23.4. The van der Waals surface area contributed by atoms with Gasteiger partial charge in [0, 0.05) is 16.9 Å². The van der Waals surface area contributed by atoms with Gasteiger partial charge in [-0.25, -0.2) is 21.8 Å². The van der Waals surface area contributed by atoms with E-state index in [0.717, 1.165) is 9.87 Å². The van der Waals surface area contributed by atoms with Crippen molar-refractivity contribution in [2.75, 3.05) is 20.9 Å². The number of carbonyl (C=O) groups excluding carboxylic acids is 1. The summed E-state index contributed by atoms with van der Waals surface area (Å²) in [6, 6.07) is 21.4. The average Bonchev–Trinajstić information content (AvgIpc) is 2.88. The molecule has 0 saturated heterocycles. The van der Waals surface area contributed by atoms with Gasteiger partial charge in [0.15, 0.2) is 0 Å². The molecule has 0 atom stereocenters. The van der Waals surface area contributed by atoms with E-state index in [1.54, 1.807) is 49.4 Å². The maximum Gasteiger partial charge on any atom is 0.264 e. The molecule has 0 aliphatic heterocycles. The lowest BCUT2D eigenvalue weighted by atomic mass is 10.2. The maximum absolute atomic E-state index is 13.6. The quantitative estimate of drug-likeness (QED) is 0.286. The number of pyridine rings is 1. The van der Waals surface area contributed by atoms with Gasteiger partial charge in [-0.15, -0.1) is 0 Å². The van der Waals surface area contributed by atoms with E-state index in [9.17, 15) is 21.6 Å². The molecule has 0 spiro atoms. The molecule has 4 aromatic rings. The number of benzene rings is 3. The molecule has 0 saturated carbocycles. The van der Waals surface area contributed by atoms with E-state index in [4.69, 9.17) is 11.6 Å². The van der Waals surface area contributed by atoms with Gasteiger partial charge in [0.25, 0.3) is 20.0 Å². The van der Waals surface area contributed by atoms with E-state index in [1.165, 1.54) is 48.7 Å². The standard InChI is InChI=1S/C27H25ClN4O5S2/c1-19-6-11-24(12-7-19)39(36,37)32(25-15-8-21(28)17-20(25)2)18-27(33)30-22-9-13-23(14-10-22)38(34,35)31-26-5-3-4-16-29-26/h3-17H,18H2,1-2H3,(H,29,31)(H,30,33). The van der Waals surface area contributed by atoms with Gasteiger partial charge in [0.05, 0.1) is 15.5 Å². The summed E-state index contributed by atoms with van der Waals surface area (Å²) in [5.41, 5.74) is 2.05. The monoisotopic (exact) mass is 584 g/mol. The van der Waals surface area contributed by atoms with Crippen molar-refractivity contribution >= 4 is 54.7 Å². The Labute approximate surface area is 232 Å². The first-order valence-corrected chi connectivity index (χ1v) is 15.0. The zero-order valence-electron chi connectivity index (χ0n) is 21.0. The lowest BCUT2D eigenvalue weighted by Gasteiger charge is -2.26. The van der Waals surface area contributed by atoms with Crippen molar-refractivity contribution in [3.8, 4) is 0 Å². The first kappa shape index (κ1) is 28.1. The summed E-state index contributed by atoms with van der Waals surface area (Å²) < 4.78 is 55.9. The molecule has 0 aliphatic carbocycles. The van der Waals surface area contributed by atoms with Crippen molar-refractivity contribution < 1.29 is 21.6 Å². The number of nitrogens with zero attached hydrogens (tertiary/aromatic N) is 2. The van der Waals surface area contributed by atoms with E-state index in [0.29, 0.717) is 16.3 Å². The predicted octanol–water partition coefficient (Wildman–Crippen LogP) is 4.99. The molecular formula is C27H25ClN4O5S2. The van der Waals surface area contributed by atoms with Crippen molar-refractivity contribution in [2.24, 2.45) is 0 Å². The zero-order chi connectivity index (χ0) is 28.2. The highest BCUT2D eigenvalue weighted by Crippen LogP contribution is 2.29. The smallest absolute Gasteiger partial charge is 0.264 e. The highest BCUT2D eigenvalue weighted by Gasteiger charge is 2.28. The van der Waals surface area contributed by atoms with Gasteiger partial charge in [-0.3, -0.25) is 13.8 Å². The first-order valence-electron chi connectivity index (χ1n) is 11.6. The summed E-state index contributed by atoms with van der Waals surface area (Å²) in [5, 5.41) is 3.07. The Morgan fingerprint density at radius 1 is 0.872 bits per heavy atom. The van der Waals surface area contributed by atoms with Crippen LogP contribution in [-0.4, -0.2) is 34.3 Å². The number of aryl methyl sites for hydroxylation is 2. The van der Waals surface area contributed by atoms with Gasteiger partial charge in [0.2, 0.25) is 5.91 Å². The number of carbonyl (C=O) groups is 1. The van der Waals surface area contributed by atoms with Crippen LogP contribution in [0.4, 0.5) is 17.2 Å². The molecule has 1 aromatic heterocycles. The Morgan fingerprint density at radius 3 is 2.15 bits per heavy atom. The van der Waals surface area contributed by atoms with Crippen LogP contribution in [0.15, 0.2) is 101 Å². The molecule has 12 heteroatoms. The highest BCUT2D eigenvalue weighted by molar-refractivity contribution is 7.93. The van der Waals surface area contributed by atoms with Crippen molar-refractivity contribution in [3.63, 3.8) is 0 Å². The Morgan fingerprint density at radius 2 is 1.54 bits per heavy atom. The van der Waals surface area contributed by atoms with Gasteiger partial charge in [-0.1, -0.05) is 35.4 Å². The number of amides is 1. The summed E-state index contributed by atoms with van der Waals surface area (Å²) in [6.45, 7) is 3.02. The fraction of sp³-hybridized carbons (Fsp3) is 0.111. The molecule has 3 aromatic carbocycles. The third-order valence-corrected chi connectivity index (χ3v) is 9.06. The lowest BCUT2D eigenvalue weighted by molar-refractivity contribution is -0.114. The van der Waals surface area contributed by atoms with Crippen LogP contribution >= 0.6 is 11.6 Å². The number of anilines is 3. The molecular weight excluding hydrogens is 560 g/mol. The van der Waals surface area contributed by atoms with Crippen LogP contribution in [0.3, 0.4) is 0 Å². The molecule has 39 heavy (non-hydrogen) atoms. The Hall–Kier alpha value is -3.93. The topological polar surface area (TPSA) is 126 Å². The molecule has 2 N–H and O–H groups in total. The number of aromatic nitrogens is 1. The molecule has 0 unspecified atom stereocenters. The van der Waals surface area contributed by atoms with Crippen LogP contribution in [0.25, 0.3) is 0 Å². The van der Waals surface area contributed by atoms with E-state index in [2.05, 4.69) is 15.0 Å². The van der Waals surface area contributed by atoms with E-state index in [1.807, 2.05) is 6.92 Å². The average molecular weight is 585 g/mol. The number of hydrogen-bond donors (Lipinski definition) is 2. The van der Waals surface area contributed by atoms with E-state index >= 15 is 0 Å². The van der Waals surface area contributed by atoms with E-state index in [-0.39, 0.29) is 21.3 Å². The van der Waals surface area contributed by atoms with Crippen LogP contribution in [0.1, 0.15) is 11.1 Å². The van der Waals surface area contributed by atoms with Crippen LogP contribution in [0.5, 0.6) is 0 Å². The number of hydrogen-bond acceptors (Lipinski definition) is 6. The molecule has 0 bridgehead atoms. The van der Waals surface area contributed by atoms with Crippen LogP contribution in [-0.2, 0) is 24.8 Å². The molecule has 4 rings (SSSR count). The van der Waals surface area contributed by atoms with E-state index < -0.39 is 32.5 Å². The largest absolute Gasteiger partial charge is 0.325 e. The van der Waals surface area contributed by atoms with Crippen molar-refractivity contribution in [2.45, 2.75) is 23.6 Å². The molecule has 0 aliphatic rings. The van der Waals surface area contributed by atoms with Gasteiger partial charge < -0.3 is 5.32 Å². The minimum atomic E-state index is -4.11. The van der Waals surface area contributed by atoms with Gasteiger partial charge in [-0.2, -0.15) is 0 Å². The molecule has 0 radical (unpaired) electrons. The van der Waals surface area contributed by atoms with Crippen LogP contribution < -0.4 is 14.3 Å². The molecule has 1 heterocycles. The number of sulfonamides is 2. The summed E-state index contributed by atoms with van der Waals surface area (Å²) in [4.78, 5) is 17.0. The fourth-order valence-corrected chi connectivity index (χ4v) is 6.42. The first-order chi connectivity index (χ1) is 18.5. The minimum absolute atomic E-state index is 0.0326. The summed E-state index contributed by atoms with van der Waals surface area (Å²) in [5.74, 6) is -0.454. The van der Waals surface area contributed by atoms with Crippen molar-refractivity contribution in [1.82, 2.24) is 4.98 Å². The van der Waals surface area contributed by atoms with Crippen LogP contribution in [0, 0.1) is 13.8 Å². The third-order valence-electron chi connectivity index (χ3n) is 5.68. The highest BCUT2D eigenvalue weighted by atomic mass is 35.5. The Bertz CT molecular complexity index is 1700. The fourth-order valence-electron chi connectivity index (χ4n) is 3.70. The normalized spacial score (nSPS) is 11.6. The molecule has 1 amide bonds. The second-order valence-electron chi connectivity index (χ2n) is 8.65.